The van der Waals surface area contributed by atoms with Crippen LogP contribution in [-0.4, -0.2) is 11.2 Å². The number of halogens is 3. The van der Waals surface area contributed by atoms with E-state index in [4.69, 9.17) is 0 Å². The van der Waals surface area contributed by atoms with Crippen molar-refractivity contribution in [1.29, 1.82) is 0 Å². The van der Waals surface area contributed by atoms with Gasteiger partial charge in [0.05, 0.1) is 6.42 Å². The smallest absolute Gasteiger partial charge is 0.231 e. The topological polar surface area (TPSA) is 12.9 Å². The molecule has 10 heavy (non-hydrogen) atoms. The van der Waals surface area contributed by atoms with Gasteiger partial charge in [0.15, 0.2) is 5.51 Å². The summed E-state index contributed by atoms with van der Waals surface area (Å²) >= 11 is 0.838. The van der Waals surface area contributed by atoms with Crippen LogP contribution in [0.5, 0.6) is 0 Å². The highest BCUT2D eigenvalue weighted by Crippen LogP contribution is 2.22. The standard InChI is InChI=1S/C5H2F3NS/c6-5(7,8)1-4-2-9-3-10-4/h1H2. The maximum absolute atomic E-state index is 11.6. The molecule has 0 aliphatic heterocycles. The molecule has 1 heterocycles. The summed E-state index contributed by atoms with van der Waals surface area (Å²) in [6, 6.07) is 0. The van der Waals surface area contributed by atoms with Crippen molar-refractivity contribution in [1.82, 2.24) is 4.98 Å². The van der Waals surface area contributed by atoms with Gasteiger partial charge in [0.25, 0.3) is 0 Å². The molecule has 5 heteroatoms. The summed E-state index contributed by atoms with van der Waals surface area (Å²) in [6.07, 6.45) is -2.92. The summed E-state index contributed by atoms with van der Waals surface area (Å²) in [5.41, 5.74) is 2.29. The zero-order chi connectivity index (χ0) is 7.61. The monoisotopic (exact) mass is 165 g/mol. The van der Waals surface area contributed by atoms with Gasteiger partial charge < -0.3 is 0 Å². The van der Waals surface area contributed by atoms with E-state index in [2.05, 4.69) is 16.7 Å². The maximum Gasteiger partial charge on any atom is 0.393 e. The molecule has 0 atom stereocenters. The second kappa shape index (κ2) is 2.57. The van der Waals surface area contributed by atoms with Gasteiger partial charge in [-0.1, -0.05) is 0 Å². The van der Waals surface area contributed by atoms with Crippen molar-refractivity contribution >= 4 is 11.3 Å². The molecule has 1 aromatic heterocycles. The molecule has 0 spiro atoms. The van der Waals surface area contributed by atoms with Crippen LogP contribution in [0.25, 0.3) is 0 Å². The first-order chi connectivity index (χ1) is 4.58. The lowest BCUT2D eigenvalue weighted by molar-refractivity contribution is -0.126. The third-order valence-electron chi connectivity index (χ3n) is 0.756. The lowest BCUT2D eigenvalue weighted by atomic mass is 10.4. The van der Waals surface area contributed by atoms with Gasteiger partial charge in [-0.05, 0) is 0 Å². The average Bonchev–Trinajstić information content (AvgIpc) is 2.12. The molecule has 0 saturated heterocycles. The fraction of sp³-hybridized carbons (Fsp3) is 0.400. The summed E-state index contributed by atoms with van der Waals surface area (Å²) in [5, 5.41) is 0. The van der Waals surface area contributed by atoms with Gasteiger partial charge in [-0.2, -0.15) is 13.2 Å². The first-order valence-electron chi connectivity index (χ1n) is 2.38. The molecule has 0 bridgehead atoms. The number of nitrogens with zero attached hydrogens (tertiary/aromatic N) is 1. The quantitative estimate of drug-likeness (QED) is 0.618. The molecule has 0 amide bonds. The second-order valence-electron chi connectivity index (χ2n) is 1.63. The Labute approximate surface area is 59.5 Å². The zero-order valence-electron chi connectivity index (χ0n) is 4.70. The van der Waals surface area contributed by atoms with Crippen molar-refractivity contribution in [2.24, 2.45) is 0 Å². The van der Waals surface area contributed by atoms with Crippen LogP contribution in [0.3, 0.4) is 0 Å². The summed E-state index contributed by atoms with van der Waals surface area (Å²) in [5.74, 6) is 0. The number of hydrogen-bond acceptors (Lipinski definition) is 2. The zero-order valence-corrected chi connectivity index (χ0v) is 5.51. The normalized spacial score (nSPS) is 11.9. The molecule has 0 N–H and O–H groups in total. The minimum absolute atomic E-state index is 0.0764. The van der Waals surface area contributed by atoms with Crippen LogP contribution in [-0.2, 0) is 6.42 Å². The minimum Gasteiger partial charge on any atom is -0.231 e. The fourth-order valence-corrected chi connectivity index (χ4v) is 0.972. The van der Waals surface area contributed by atoms with Gasteiger partial charge in [-0.25, -0.2) is 4.98 Å². The first kappa shape index (κ1) is 7.53. The van der Waals surface area contributed by atoms with E-state index in [-0.39, 0.29) is 4.88 Å². The minimum atomic E-state index is -4.16. The molecule has 0 unspecified atom stereocenters. The van der Waals surface area contributed by atoms with Gasteiger partial charge in [0.1, 0.15) is 6.20 Å². The van der Waals surface area contributed by atoms with Crippen LogP contribution in [0.2, 0.25) is 0 Å². The molecule has 2 radical (unpaired) electrons. The molecule has 0 saturated carbocycles. The summed E-state index contributed by atoms with van der Waals surface area (Å²) in [6.45, 7) is 0. The summed E-state index contributed by atoms with van der Waals surface area (Å²) in [7, 11) is 0. The Morgan fingerprint density at radius 1 is 1.50 bits per heavy atom. The predicted octanol–water partition coefficient (Wildman–Crippen LogP) is 1.85. The Bertz CT molecular complexity index is 191. The highest BCUT2D eigenvalue weighted by Gasteiger charge is 2.28. The molecule has 0 fully saturated rings. The highest BCUT2D eigenvalue weighted by molar-refractivity contribution is 7.09. The molecule has 1 nitrogen and oxygen atoms in total. The van der Waals surface area contributed by atoms with Crippen molar-refractivity contribution in [2.45, 2.75) is 12.6 Å². The van der Waals surface area contributed by atoms with Gasteiger partial charge in [-0.3, -0.25) is 0 Å². The van der Waals surface area contributed by atoms with Crippen LogP contribution >= 0.6 is 11.3 Å². The van der Waals surface area contributed by atoms with E-state index in [1.165, 1.54) is 0 Å². The van der Waals surface area contributed by atoms with Crippen molar-refractivity contribution < 1.29 is 13.2 Å². The number of alkyl halides is 3. The molecular formula is C5H2F3NS. The summed E-state index contributed by atoms with van der Waals surface area (Å²) in [4.78, 5) is 3.35. The van der Waals surface area contributed by atoms with Crippen molar-refractivity contribution in [2.75, 3.05) is 0 Å². The molecule has 0 aliphatic carbocycles. The van der Waals surface area contributed by atoms with Crippen molar-refractivity contribution in [3.05, 3.63) is 16.6 Å². The van der Waals surface area contributed by atoms with E-state index < -0.39 is 12.6 Å². The third-order valence-corrected chi connectivity index (χ3v) is 1.42. The Hall–Kier alpha value is -0.580. The van der Waals surface area contributed by atoms with E-state index >= 15 is 0 Å². The van der Waals surface area contributed by atoms with Crippen LogP contribution in [0.15, 0.2) is 0 Å². The average molecular weight is 165 g/mol. The Balaban J connectivity index is 2.57. The fourth-order valence-electron chi connectivity index (χ4n) is 0.444. The lowest BCUT2D eigenvalue weighted by Gasteiger charge is -2.00. The Morgan fingerprint density at radius 2 is 2.20 bits per heavy atom. The van der Waals surface area contributed by atoms with Gasteiger partial charge in [0.2, 0.25) is 0 Å². The van der Waals surface area contributed by atoms with Crippen molar-refractivity contribution in [3.8, 4) is 0 Å². The lowest BCUT2D eigenvalue weighted by Crippen LogP contribution is -2.10. The SMILES string of the molecule is FC(F)(F)Cc1[c]n[c]s1. The number of hydrogen-bond donors (Lipinski definition) is 0. The molecule has 1 rings (SSSR count). The molecule has 54 valence electrons. The number of aromatic nitrogens is 1. The van der Waals surface area contributed by atoms with E-state index in [1.54, 1.807) is 0 Å². The molecule has 0 aliphatic rings. The van der Waals surface area contributed by atoms with Crippen LogP contribution in [0, 0.1) is 11.7 Å². The van der Waals surface area contributed by atoms with E-state index in [1.807, 2.05) is 0 Å². The van der Waals surface area contributed by atoms with Crippen LogP contribution in [0.4, 0.5) is 13.2 Å². The van der Waals surface area contributed by atoms with Gasteiger partial charge in [0, 0.05) is 4.88 Å². The largest absolute Gasteiger partial charge is 0.393 e. The summed E-state index contributed by atoms with van der Waals surface area (Å²) < 4.78 is 34.7. The van der Waals surface area contributed by atoms with E-state index in [0.717, 1.165) is 11.3 Å². The molecule has 1 aromatic rings. The Kier molecular flexibility index (Phi) is 1.94. The van der Waals surface area contributed by atoms with Crippen LogP contribution in [0.1, 0.15) is 4.88 Å². The highest BCUT2D eigenvalue weighted by atomic mass is 32.1. The first-order valence-corrected chi connectivity index (χ1v) is 3.20. The van der Waals surface area contributed by atoms with E-state index in [9.17, 15) is 13.2 Å². The maximum atomic E-state index is 11.6. The number of thiazole rings is 1. The van der Waals surface area contributed by atoms with Crippen LogP contribution < -0.4 is 0 Å². The molecular weight excluding hydrogens is 163 g/mol. The van der Waals surface area contributed by atoms with Crippen molar-refractivity contribution in [3.63, 3.8) is 0 Å². The van der Waals surface area contributed by atoms with E-state index in [0.29, 0.717) is 0 Å². The second-order valence-corrected chi connectivity index (χ2v) is 2.51. The van der Waals surface area contributed by atoms with Gasteiger partial charge >= 0.3 is 6.18 Å². The van der Waals surface area contributed by atoms with Gasteiger partial charge in [-0.15, -0.1) is 11.3 Å². The predicted molar refractivity (Wildman–Crippen MR) is 29.5 cm³/mol. The number of rotatable bonds is 1. The Morgan fingerprint density at radius 3 is 2.60 bits per heavy atom. The third kappa shape index (κ3) is 2.34. The molecule has 0 aromatic carbocycles.